The first kappa shape index (κ1) is 14.1. The Morgan fingerprint density at radius 1 is 1.12 bits per heavy atom. The van der Waals surface area contributed by atoms with Crippen LogP contribution in [-0.4, -0.2) is 16.5 Å². The molecule has 17 heavy (non-hydrogen) atoms. The van der Waals surface area contributed by atoms with Gasteiger partial charge in [-0.1, -0.05) is 20.8 Å². The van der Waals surface area contributed by atoms with Crippen LogP contribution in [0.3, 0.4) is 0 Å². The van der Waals surface area contributed by atoms with Crippen molar-refractivity contribution < 1.29 is 0 Å². The molecule has 0 bridgehead atoms. The summed E-state index contributed by atoms with van der Waals surface area (Å²) >= 11 is 0. The highest BCUT2D eigenvalue weighted by molar-refractivity contribution is 5.25. The van der Waals surface area contributed by atoms with E-state index < -0.39 is 0 Å². The van der Waals surface area contributed by atoms with Gasteiger partial charge in [0.05, 0.1) is 0 Å². The minimum absolute atomic E-state index is 0.438. The lowest BCUT2D eigenvalue weighted by Gasteiger charge is -2.16. The van der Waals surface area contributed by atoms with E-state index in [0.717, 1.165) is 30.1 Å². The Morgan fingerprint density at radius 3 is 2.06 bits per heavy atom. The van der Waals surface area contributed by atoms with Crippen LogP contribution in [0.25, 0.3) is 0 Å². The molecule has 1 rings (SSSR count). The highest BCUT2D eigenvalue weighted by atomic mass is 14.9. The van der Waals surface area contributed by atoms with Crippen molar-refractivity contribution in [2.24, 2.45) is 11.7 Å². The molecular formula is C14H25N3. The second-order valence-corrected chi connectivity index (χ2v) is 5.09. The lowest BCUT2D eigenvalue weighted by atomic mass is 9.98. The van der Waals surface area contributed by atoms with Crippen molar-refractivity contribution in [3.63, 3.8) is 0 Å². The number of nitrogens with zero attached hydrogens (tertiary/aromatic N) is 2. The zero-order valence-corrected chi connectivity index (χ0v) is 11.7. The van der Waals surface area contributed by atoms with Crippen LogP contribution in [-0.2, 0) is 6.42 Å². The van der Waals surface area contributed by atoms with Crippen LogP contribution in [0, 0.1) is 19.8 Å². The minimum Gasteiger partial charge on any atom is -0.330 e. The summed E-state index contributed by atoms with van der Waals surface area (Å²) in [6.45, 7) is 11.4. The smallest absolute Gasteiger partial charge is 0.131 e. The molecule has 0 spiro atoms. The highest BCUT2D eigenvalue weighted by Gasteiger charge is 2.13. The molecule has 3 heteroatoms. The van der Waals surface area contributed by atoms with Gasteiger partial charge < -0.3 is 5.73 Å². The average Bonchev–Trinajstić information content (AvgIpc) is 2.32. The van der Waals surface area contributed by atoms with Crippen molar-refractivity contribution in [1.82, 2.24) is 9.97 Å². The van der Waals surface area contributed by atoms with Crippen molar-refractivity contribution in [2.45, 2.75) is 53.4 Å². The van der Waals surface area contributed by atoms with Crippen molar-refractivity contribution in [3.05, 3.63) is 22.8 Å². The molecule has 0 saturated heterocycles. The number of aromatic nitrogens is 2. The number of hydrogen-bond donors (Lipinski definition) is 1. The van der Waals surface area contributed by atoms with E-state index in [-0.39, 0.29) is 0 Å². The van der Waals surface area contributed by atoms with Gasteiger partial charge in [-0.2, -0.15) is 0 Å². The Bertz CT molecular complexity index is 351. The topological polar surface area (TPSA) is 51.8 Å². The molecule has 1 aromatic rings. The minimum atomic E-state index is 0.438. The Hall–Kier alpha value is -0.960. The zero-order valence-electron chi connectivity index (χ0n) is 11.7. The Balaban J connectivity index is 3.02. The average molecular weight is 235 g/mol. The van der Waals surface area contributed by atoms with Crippen LogP contribution in [0.15, 0.2) is 0 Å². The first-order valence-electron chi connectivity index (χ1n) is 6.53. The fourth-order valence-electron chi connectivity index (χ4n) is 1.90. The monoisotopic (exact) mass is 235 g/mol. The molecule has 2 atom stereocenters. The molecule has 96 valence electrons. The zero-order chi connectivity index (χ0) is 13.0. The Labute approximate surface area is 105 Å². The summed E-state index contributed by atoms with van der Waals surface area (Å²) in [6, 6.07) is 0. The van der Waals surface area contributed by atoms with Crippen LogP contribution in [0.2, 0.25) is 0 Å². The van der Waals surface area contributed by atoms with Gasteiger partial charge in [-0.25, -0.2) is 9.97 Å². The van der Waals surface area contributed by atoms with Gasteiger partial charge in [-0.15, -0.1) is 0 Å². The number of aryl methyl sites for hydroxylation is 2. The summed E-state index contributed by atoms with van der Waals surface area (Å²) in [5.74, 6) is 1.91. The van der Waals surface area contributed by atoms with E-state index in [1.54, 1.807) is 0 Å². The second kappa shape index (κ2) is 6.10. The molecule has 3 nitrogen and oxygen atoms in total. The van der Waals surface area contributed by atoms with Crippen molar-refractivity contribution >= 4 is 0 Å². The maximum atomic E-state index is 5.68. The van der Waals surface area contributed by atoms with Gasteiger partial charge in [-0.05, 0) is 44.7 Å². The molecule has 2 N–H and O–H groups in total. The summed E-state index contributed by atoms with van der Waals surface area (Å²) in [7, 11) is 0. The third-order valence-electron chi connectivity index (χ3n) is 3.45. The molecule has 1 heterocycles. The van der Waals surface area contributed by atoms with Crippen LogP contribution < -0.4 is 5.73 Å². The number of hydrogen-bond acceptors (Lipinski definition) is 3. The predicted octanol–water partition coefficient (Wildman–Crippen LogP) is 2.74. The lowest BCUT2D eigenvalue weighted by molar-refractivity contribution is 0.581. The van der Waals surface area contributed by atoms with Gasteiger partial charge in [-0.3, -0.25) is 0 Å². The SMILES string of the molecule is CCC(C)c1nc(C)c(CC(C)CN)c(C)n1. The number of rotatable bonds is 5. The summed E-state index contributed by atoms with van der Waals surface area (Å²) in [6.07, 6.45) is 2.06. The van der Waals surface area contributed by atoms with Crippen molar-refractivity contribution in [1.29, 1.82) is 0 Å². The molecule has 0 aromatic carbocycles. The van der Waals surface area contributed by atoms with Gasteiger partial charge in [0.15, 0.2) is 0 Å². The predicted molar refractivity (Wildman–Crippen MR) is 72.1 cm³/mol. The van der Waals surface area contributed by atoms with E-state index in [1.807, 2.05) is 0 Å². The molecule has 1 aromatic heterocycles. The molecule has 0 radical (unpaired) electrons. The molecule has 2 unspecified atom stereocenters. The fourth-order valence-corrected chi connectivity index (χ4v) is 1.90. The summed E-state index contributed by atoms with van der Waals surface area (Å²) in [5, 5.41) is 0. The molecule has 0 aliphatic carbocycles. The summed E-state index contributed by atoms with van der Waals surface area (Å²) in [5.41, 5.74) is 9.19. The third-order valence-corrected chi connectivity index (χ3v) is 3.45. The summed E-state index contributed by atoms with van der Waals surface area (Å²) in [4.78, 5) is 9.28. The Morgan fingerprint density at radius 2 is 1.65 bits per heavy atom. The van der Waals surface area contributed by atoms with Crippen molar-refractivity contribution in [2.75, 3.05) is 6.54 Å². The highest BCUT2D eigenvalue weighted by Crippen LogP contribution is 2.20. The standard InChI is InChI=1S/C14H25N3/c1-6-10(3)14-16-11(4)13(12(5)17-14)7-9(2)8-15/h9-10H,6-8,15H2,1-5H3. The van der Waals surface area contributed by atoms with E-state index >= 15 is 0 Å². The van der Waals surface area contributed by atoms with Gasteiger partial charge in [0.1, 0.15) is 5.82 Å². The molecule has 0 aliphatic heterocycles. The van der Waals surface area contributed by atoms with E-state index in [1.165, 1.54) is 5.56 Å². The lowest BCUT2D eigenvalue weighted by Crippen LogP contribution is -2.16. The maximum Gasteiger partial charge on any atom is 0.131 e. The molecule has 0 saturated carbocycles. The second-order valence-electron chi connectivity index (χ2n) is 5.09. The molecule has 0 aliphatic rings. The van der Waals surface area contributed by atoms with Crippen LogP contribution in [0.4, 0.5) is 0 Å². The van der Waals surface area contributed by atoms with E-state index in [2.05, 4.69) is 44.6 Å². The first-order valence-corrected chi connectivity index (χ1v) is 6.53. The van der Waals surface area contributed by atoms with Gasteiger partial charge in [0.2, 0.25) is 0 Å². The van der Waals surface area contributed by atoms with Crippen LogP contribution >= 0.6 is 0 Å². The van der Waals surface area contributed by atoms with Gasteiger partial charge in [0, 0.05) is 17.3 Å². The quantitative estimate of drug-likeness (QED) is 0.853. The molecule has 0 fully saturated rings. The van der Waals surface area contributed by atoms with Crippen LogP contribution in [0.5, 0.6) is 0 Å². The van der Waals surface area contributed by atoms with Crippen LogP contribution in [0.1, 0.15) is 55.9 Å². The summed E-state index contributed by atoms with van der Waals surface area (Å²) < 4.78 is 0. The third kappa shape index (κ3) is 3.50. The molecule has 0 amide bonds. The maximum absolute atomic E-state index is 5.68. The van der Waals surface area contributed by atoms with E-state index in [9.17, 15) is 0 Å². The van der Waals surface area contributed by atoms with Gasteiger partial charge >= 0.3 is 0 Å². The van der Waals surface area contributed by atoms with Gasteiger partial charge in [0.25, 0.3) is 0 Å². The first-order chi connectivity index (χ1) is 7.99. The normalized spacial score (nSPS) is 14.7. The van der Waals surface area contributed by atoms with E-state index in [4.69, 9.17) is 5.73 Å². The van der Waals surface area contributed by atoms with Crippen molar-refractivity contribution in [3.8, 4) is 0 Å². The number of nitrogens with two attached hydrogens (primary N) is 1. The molecular weight excluding hydrogens is 210 g/mol. The fraction of sp³-hybridized carbons (Fsp3) is 0.714. The Kier molecular flexibility index (Phi) is 5.06. The largest absolute Gasteiger partial charge is 0.330 e. The van der Waals surface area contributed by atoms with E-state index in [0.29, 0.717) is 18.4 Å².